The lowest BCUT2D eigenvalue weighted by atomic mass is 10.1. The summed E-state index contributed by atoms with van der Waals surface area (Å²) in [6.07, 6.45) is 0.396. The molecule has 1 aliphatic heterocycles. The van der Waals surface area contributed by atoms with Gasteiger partial charge in [-0.25, -0.2) is 8.42 Å². The Balaban J connectivity index is 1.51. The molecular formula is C21H25ClN2O4S. The van der Waals surface area contributed by atoms with E-state index >= 15 is 0 Å². The van der Waals surface area contributed by atoms with Crippen LogP contribution in [0.3, 0.4) is 0 Å². The van der Waals surface area contributed by atoms with Crippen molar-refractivity contribution in [1.82, 2.24) is 9.21 Å². The molecule has 2 aromatic carbocycles. The zero-order chi connectivity index (χ0) is 20.9. The van der Waals surface area contributed by atoms with Crippen molar-refractivity contribution in [3.63, 3.8) is 0 Å². The Morgan fingerprint density at radius 2 is 1.62 bits per heavy atom. The molecule has 6 nitrogen and oxygen atoms in total. The molecule has 3 rings (SSSR count). The van der Waals surface area contributed by atoms with Crippen molar-refractivity contribution in [2.24, 2.45) is 0 Å². The molecule has 1 aliphatic rings. The van der Waals surface area contributed by atoms with Crippen LogP contribution in [0.1, 0.15) is 23.7 Å². The summed E-state index contributed by atoms with van der Waals surface area (Å²) >= 11 is 5.85. The lowest BCUT2D eigenvalue weighted by Crippen LogP contribution is -2.48. The van der Waals surface area contributed by atoms with Gasteiger partial charge >= 0.3 is 0 Å². The molecule has 1 heterocycles. The number of hydrogen-bond donors (Lipinski definition) is 0. The molecule has 8 heteroatoms. The third kappa shape index (κ3) is 5.57. The van der Waals surface area contributed by atoms with Crippen LogP contribution in [0.5, 0.6) is 5.75 Å². The van der Waals surface area contributed by atoms with Crippen LogP contribution in [-0.4, -0.2) is 62.7 Å². The molecule has 0 radical (unpaired) electrons. The smallest absolute Gasteiger partial charge is 0.243 e. The van der Waals surface area contributed by atoms with Gasteiger partial charge in [-0.2, -0.15) is 4.31 Å². The van der Waals surface area contributed by atoms with E-state index in [-0.39, 0.29) is 10.7 Å². The first-order valence-electron chi connectivity index (χ1n) is 9.64. The summed E-state index contributed by atoms with van der Waals surface area (Å²) in [5, 5.41) is 0.603. The van der Waals surface area contributed by atoms with Gasteiger partial charge in [0, 0.05) is 49.7 Å². The largest absolute Gasteiger partial charge is 0.494 e. The molecule has 29 heavy (non-hydrogen) atoms. The molecule has 0 aromatic heterocycles. The van der Waals surface area contributed by atoms with Crippen LogP contribution >= 0.6 is 11.6 Å². The highest BCUT2D eigenvalue weighted by atomic mass is 35.5. The van der Waals surface area contributed by atoms with Crippen molar-refractivity contribution in [3.05, 3.63) is 59.1 Å². The predicted octanol–water partition coefficient (Wildman–Crippen LogP) is 3.32. The van der Waals surface area contributed by atoms with Crippen LogP contribution in [-0.2, 0) is 10.0 Å². The molecular weight excluding hydrogens is 412 g/mol. The molecule has 0 spiro atoms. The van der Waals surface area contributed by atoms with Crippen molar-refractivity contribution >= 4 is 27.4 Å². The molecule has 0 unspecified atom stereocenters. The number of benzene rings is 2. The lowest BCUT2D eigenvalue weighted by molar-refractivity contribution is 0.0952. The summed E-state index contributed by atoms with van der Waals surface area (Å²) in [7, 11) is -3.52. The minimum absolute atomic E-state index is 0.0612. The Bertz CT molecular complexity index is 922. The number of Topliss-reactive ketones (excluding diaryl/α,β-unsaturated/α-hetero) is 1. The Morgan fingerprint density at radius 1 is 1.00 bits per heavy atom. The zero-order valence-electron chi connectivity index (χ0n) is 16.4. The molecule has 1 fully saturated rings. The number of nitrogens with zero attached hydrogens (tertiary/aromatic N) is 2. The van der Waals surface area contributed by atoms with Crippen molar-refractivity contribution in [2.75, 3.05) is 39.3 Å². The molecule has 0 atom stereocenters. The fourth-order valence-corrected chi connectivity index (χ4v) is 4.81. The Labute approximate surface area is 177 Å². The maximum atomic E-state index is 12.8. The topological polar surface area (TPSA) is 66.9 Å². The van der Waals surface area contributed by atoms with Crippen molar-refractivity contribution in [3.8, 4) is 5.75 Å². The maximum Gasteiger partial charge on any atom is 0.243 e. The van der Waals surface area contributed by atoms with E-state index in [0.29, 0.717) is 62.1 Å². The van der Waals surface area contributed by atoms with E-state index in [2.05, 4.69) is 4.90 Å². The van der Waals surface area contributed by atoms with Crippen LogP contribution in [0.2, 0.25) is 5.02 Å². The van der Waals surface area contributed by atoms with Crippen LogP contribution in [0.4, 0.5) is 0 Å². The SMILES string of the molecule is CCOc1ccc(S(=O)(=O)N2CCN(CCC(=O)c3ccc(Cl)cc3)CC2)cc1. The van der Waals surface area contributed by atoms with Crippen molar-refractivity contribution in [1.29, 1.82) is 0 Å². The highest BCUT2D eigenvalue weighted by Crippen LogP contribution is 2.21. The first kappa shape index (κ1) is 21.8. The first-order chi connectivity index (χ1) is 13.9. The number of piperazine rings is 1. The fourth-order valence-electron chi connectivity index (χ4n) is 3.26. The van der Waals surface area contributed by atoms with Gasteiger partial charge < -0.3 is 9.64 Å². The second kappa shape index (κ2) is 9.71. The number of halogens is 1. The van der Waals surface area contributed by atoms with E-state index in [4.69, 9.17) is 16.3 Å². The van der Waals surface area contributed by atoms with Gasteiger partial charge in [0.1, 0.15) is 5.75 Å². The van der Waals surface area contributed by atoms with Gasteiger partial charge in [0.25, 0.3) is 0 Å². The number of carbonyl (C=O) groups excluding carboxylic acids is 1. The first-order valence-corrected chi connectivity index (χ1v) is 11.5. The average molecular weight is 437 g/mol. The molecule has 0 saturated carbocycles. The second-order valence-corrected chi connectivity index (χ2v) is 9.20. The number of ether oxygens (including phenoxy) is 1. The van der Waals surface area contributed by atoms with Gasteiger partial charge in [-0.15, -0.1) is 0 Å². The van der Waals surface area contributed by atoms with Gasteiger partial charge in [0.2, 0.25) is 10.0 Å². The normalized spacial score (nSPS) is 15.9. The molecule has 0 aliphatic carbocycles. The summed E-state index contributed by atoms with van der Waals surface area (Å²) in [4.78, 5) is 14.7. The molecule has 0 bridgehead atoms. The lowest BCUT2D eigenvalue weighted by Gasteiger charge is -2.33. The number of sulfonamides is 1. The summed E-state index contributed by atoms with van der Waals surface area (Å²) < 4.78 is 32.6. The minimum atomic E-state index is -3.52. The summed E-state index contributed by atoms with van der Waals surface area (Å²) in [5.74, 6) is 0.715. The predicted molar refractivity (Wildman–Crippen MR) is 113 cm³/mol. The number of rotatable bonds is 8. The summed E-state index contributed by atoms with van der Waals surface area (Å²) in [5.41, 5.74) is 0.645. The third-order valence-corrected chi connectivity index (χ3v) is 7.09. The summed E-state index contributed by atoms with van der Waals surface area (Å²) in [6, 6.07) is 13.4. The van der Waals surface area contributed by atoms with E-state index in [1.54, 1.807) is 48.5 Å². The van der Waals surface area contributed by atoms with Crippen LogP contribution in [0.15, 0.2) is 53.4 Å². The van der Waals surface area contributed by atoms with E-state index < -0.39 is 10.0 Å². The molecule has 156 valence electrons. The second-order valence-electron chi connectivity index (χ2n) is 6.83. The van der Waals surface area contributed by atoms with Gasteiger partial charge in [0.15, 0.2) is 5.78 Å². The fraction of sp³-hybridized carbons (Fsp3) is 0.381. The van der Waals surface area contributed by atoms with Crippen LogP contribution in [0, 0.1) is 0 Å². The van der Waals surface area contributed by atoms with E-state index in [1.807, 2.05) is 6.92 Å². The standard InChI is InChI=1S/C21H25ClN2O4S/c1-2-28-19-7-9-20(10-8-19)29(26,27)24-15-13-23(14-16-24)12-11-21(25)17-3-5-18(22)6-4-17/h3-10H,2,11-16H2,1H3. The third-order valence-electron chi connectivity index (χ3n) is 4.93. The molecule has 2 aromatic rings. The van der Waals surface area contributed by atoms with Crippen LogP contribution < -0.4 is 4.74 Å². The summed E-state index contributed by atoms with van der Waals surface area (Å²) in [6.45, 7) is 5.05. The van der Waals surface area contributed by atoms with Gasteiger partial charge in [-0.1, -0.05) is 11.6 Å². The molecule has 0 amide bonds. The van der Waals surface area contributed by atoms with E-state index in [0.717, 1.165) is 0 Å². The van der Waals surface area contributed by atoms with E-state index in [9.17, 15) is 13.2 Å². The highest BCUT2D eigenvalue weighted by Gasteiger charge is 2.28. The maximum absolute atomic E-state index is 12.8. The Hall–Kier alpha value is -1.93. The number of ketones is 1. The number of carbonyl (C=O) groups is 1. The van der Waals surface area contributed by atoms with Gasteiger partial charge in [-0.05, 0) is 55.5 Å². The average Bonchev–Trinajstić information content (AvgIpc) is 2.73. The monoisotopic (exact) mass is 436 g/mol. The molecule has 1 saturated heterocycles. The van der Waals surface area contributed by atoms with Crippen LogP contribution in [0.25, 0.3) is 0 Å². The quantitative estimate of drug-likeness (QED) is 0.594. The van der Waals surface area contributed by atoms with E-state index in [1.165, 1.54) is 4.31 Å². The Morgan fingerprint density at radius 3 is 2.21 bits per heavy atom. The van der Waals surface area contributed by atoms with Crippen molar-refractivity contribution < 1.29 is 17.9 Å². The Kier molecular flexibility index (Phi) is 7.29. The van der Waals surface area contributed by atoms with Gasteiger partial charge in [0.05, 0.1) is 11.5 Å². The minimum Gasteiger partial charge on any atom is -0.494 e. The van der Waals surface area contributed by atoms with Gasteiger partial charge in [-0.3, -0.25) is 4.79 Å². The van der Waals surface area contributed by atoms with Crippen molar-refractivity contribution in [2.45, 2.75) is 18.2 Å². The highest BCUT2D eigenvalue weighted by molar-refractivity contribution is 7.89. The molecule has 0 N–H and O–H groups in total. The number of hydrogen-bond acceptors (Lipinski definition) is 5. The zero-order valence-corrected chi connectivity index (χ0v) is 18.0.